The Morgan fingerprint density at radius 2 is 2.04 bits per heavy atom. The molecule has 156 valence electrons. The summed E-state index contributed by atoms with van der Waals surface area (Å²) in [5.74, 6) is 2.26. The van der Waals surface area contributed by atoms with Crippen LogP contribution in [0, 0.1) is 16.0 Å². The molecule has 1 aromatic rings. The summed E-state index contributed by atoms with van der Waals surface area (Å²) in [5.41, 5.74) is 0.783. The zero-order valence-electron chi connectivity index (χ0n) is 16.1. The molecule has 0 unspecified atom stereocenters. The molecule has 0 bridgehead atoms. The second-order valence-corrected chi connectivity index (χ2v) is 8.25. The maximum Gasteiger partial charge on any atom is 0.311 e. The number of likely N-dealkylation sites (tertiary alicyclic amines) is 1. The smallest absolute Gasteiger partial charge is 0.311 e. The normalized spacial score (nSPS) is 17.1. The number of nitro benzene ring substituents is 1. The van der Waals surface area contributed by atoms with Crippen LogP contribution in [-0.2, 0) is 10.5 Å². The molecule has 1 heterocycles. The lowest BCUT2D eigenvalue weighted by atomic mass is 10.0. The van der Waals surface area contributed by atoms with E-state index in [0.717, 1.165) is 44.0 Å². The van der Waals surface area contributed by atoms with E-state index in [9.17, 15) is 14.9 Å². The first-order valence-electron chi connectivity index (χ1n) is 9.47. The molecule has 2 fully saturated rings. The van der Waals surface area contributed by atoms with E-state index >= 15 is 0 Å². The Morgan fingerprint density at radius 1 is 1.32 bits per heavy atom. The molecule has 0 aromatic heterocycles. The molecule has 1 aliphatic heterocycles. The van der Waals surface area contributed by atoms with Crippen LogP contribution in [-0.4, -0.2) is 54.3 Å². The summed E-state index contributed by atoms with van der Waals surface area (Å²) in [7, 11) is 1.42. The van der Waals surface area contributed by atoms with Gasteiger partial charge >= 0.3 is 5.69 Å². The Hall–Kier alpha value is -1.51. The third kappa shape index (κ3) is 6.53. The van der Waals surface area contributed by atoms with Crippen molar-refractivity contribution in [3.05, 3.63) is 33.9 Å². The summed E-state index contributed by atoms with van der Waals surface area (Å²) in [6.07, 6.45) is 4.76. The number of ether oxygens (including phenoxy) is 1. The number of hydrogen-bond acceptors (Lipinski definition) is 6. The number of methoxy groups -OCH3 is 1. The number of nitrogens with zero attached hydrogens (tertiary/aromatic N) is 2. The Bertz CT molecular complexity index is 679. The van der Waals surface area contributed by atoms with Crippen molar-refractivity contribution in [1.82, 2.24) is 10.2 Å². The zero-order valence-corrected chi connectivity index (χ0v) is 17.7. The highest BCUT2D eigenvalue weighted by Gasteiger charge is 2.26. The maximum absolute atomic E-state index is 12.4. The average Bonchev–Trinajstić information content (AvgIpc) is 3.51. The van der Waals surface area contributed by atoms with Crippen molar-refractivity contribution in [2.75, 3.05) is 32.5 Å². The largest absolute Gasteiger partial charge is 0.490 e. The van der Waals surface area contributed by atoms with Gasteiger partial charge in [0.1, 0.15) is 0 Å². The third-order valence-corrected chi connectivity index (χ3v) is 6.16. The van der Waals surface area contributed by atoms with E-state index in [0.29, 0.717) is 17.5 Å². The predicted octanol–water partition coefficient (Wildman–Crippen LogP) is 3.25. The average molecular weight is 430 g/mol. The van der Waals surface area contributed by atoms with Gasteiger partial charge in [0, 0.05) is 31.0 Å². The van der Waals surface area contributed by atoms with E-state index in [1.54, 1.807) is 12.1 Å². The second kappa shape index (κ2) is 10.9. The molecule has 2 aliphatic rings. The quantitative estimate of drug-likeness (QED) is 0.479. The van der Waals surface area contributed by atoms with Gasteiger partial charge in [0.05, 0.1) is 17.8 Å². The van der Waals surface area contributed by atoms with Gasteiger partial charge in [0.2, 0.25) is 5.91 Å². The molecule has 28 heavy (non-hydrogen) atoms. The van der Waals surface area contributed by atoms with Gasteiger partial charge in [-0.1, -0.05) is 6.07 Å². The SMILES string of the molecule is COc1ccc(CSCC(=O)N2CCC(NCC3CC3)CC2)cc1[N+](=O)[O-].Cl. The number of hydrogen-bond donors (Lipinski definition) is 1. The molecule has 1 saturated carbocycles. The van der Waals surface area contributed by atoms with E-state index in [-0.39, 0.29) is 29.8 Å². The van der Waals surface area contributed by atoms with Crippen LogP contribution in [0.5, 0.6) is 5.75 Å². The molecule has 1 aliphatic carbocycles. The Kier molecular flexibility index (Phi) is 8.85. The van der Waals surface area contributed by atoms with E-state index in [1.165, 1.54) is 37.8 Å². The molecular formula is C19H28ClN3O4S. The Morgan fingerprint density at radius 3 is 2.64 bits per heavy atom. The van der Waals surface area contributed by atoms with E-state index in [4.69, 9.17) is 4.74 Å². The van der Waals surface area contributed by atoms with Gasteiger partial charge in [-0.05, 0) is 49.8 Å². The summed E-state index contributed by atoms with van der Waals surface area (Å²) in [6.45, 7) is 2.76. The molecule has 1 N–H and O–H groups in total. The number of amides is 1. The van der Waals surface area contributed by atoms with Crippen molar-refractivity contribution >= 4 is 35.8 Å². The van der Waals surface area contributed by atoms with Crippen LogP contribution in [0.15, 0.2) is 18.2 Å². The highest BCUT2D eigenvalue weighted by atomic mass is 35.5. The lowest BCUT2D eigenvalue weighted by molar-refractivity contribution is -0.385. The first-order chi connectivity index (χ1) is 13.1. The highest BCUT2D eigenvalue weighted by Crippen LogP contribution is 2.29. The van der Waals surface area contributed by atoms with Crippen LogP contribution in [0.1, 0.15) is 31.2 Å². The molecule has 3 rings (SSSR count). The van der Waals surface area contributed by atoms with Gasteiger partial charge in [-0.15, -0.1) is 24.2 Å². The number of benzene rings is 1. The van der Waals surface area contributed by atoms with E-state index in [1.807, 2.05) is 4.90 Å². The van der Waals surface area contributed by atoms with E-state index < -0.39 is 4.92 Å². The zero-order chi connectivity index (χ0) is 19.2. The minimum absolute atomic E-state index is 0. The summed E-state index contributed by atoms with van der Waals surface area (Å²) >= 11 is 1.49. The molecule has 0 atom stereocenters. The van der Waals surface area contributed by atoms with Crippen molar-refractivity contribution < 1.29 is 14.5 Å². The van der Waals surface area contributed by atoms with Crippen molar-refractivity contribution in [2.45, 2.75) is 37.5 Å². The Balaban J connectivity index is 0.00000280. The molecule has 1 amide bonds. The van der Waals surface area contributed by atoms with Gasteiger partial charge in [-0.3, -0.25) is 14.9 Å². The second-order valence-electron chi connectivity index (χ2n) is 7.26. The standard InChI is InChI=1S/C19H27N3O4S.ClH/c1-26-18-5-4-15(10-17(18)22(24)25)12-27-13-19(23)21-8-6-16(7-9-21)20-11-14-2-3-14;/h4-5,10,14,16,20H,2-3,6-9,11-13H2,1H3;1H. The van der Waals surface area contributed by atoms with Crippen LogP contribution < -0.4 is 10.1 Å². The van der Waals surface area contributed by atoms with Crippen LogP contribution >= 0.6 is 24.2 Å². The summed E-state index contributed by atoms with van der Waals surface area (Å²) < 4.78 is 5.01. The lowest BCUT2D eigenvalue weighted by Gasteiger charge is -2.32. The number of thioether (sulfide) groups is 1. The van der Waals surface area contributed by atoms with E-state index in [2.05, 4.69) is 5.32 Å². The number of piperidine rings is 1. The lowest BCUT2D eigenvalue weighted by Crippen LogP contribution is -2.45. The van der Waals surface area contributed by atoms with Crippen molar-refractivity contribution in [3.8, 4) is 5.75 Å². The molecule has 9 heteroatoms. The van der Waals surface area contributed by atoms with Gasteiger partial charge in [-0.2, -0.15) is 0 Å². The van der Waals surface area contributed by atoms with Gasteiger partial charge in [0.15, 0.2) is 5.75 Å². The minimum Gasteiger partial charge on any atom is -0.490 e. The van der Waals surface area contributed by atoms with Gasteiger partial charge in [-0.25, -0.2) is 0 Å². The number of carbonyl (C=O) groups is 1. The number of nitrogens with one attached hydrogen (secondary N) is 1. The summed E-state index contributed by atoms with van der Waals surface area (Å²) in [4.78, 5) is 25.0. The van der Waals surface area contributed by atoms with Crippen molar-refractivity contribution in [2.24, 2.45) is 5.92 Å². The molecule has 0 spiro atoms. The van der Waals surface area contributed by atoms with Crippen LogP contribution in [0.3, 0.4) is 0 Å². The fraction of sp³-hybridized carbons (Fsp3) is 0.632. The topological polar surface area (TPSA) is 84.7 Å². The fourth-order valence-electron chi connectivity index (χ4n) is 3.30. The molecular weight excluding hydrogens is 402 g/mol. The van der Waals surface area contributed by atoms with Crippen LogP contribution in [0.25, 0.3) is 0 Å². The number of rotatable bonds is 9. The van der Waals surface area contributed by atoms with Crippen molar-refractivity contribution in [3.63, 3.8) is 0 Å². The number of halogens is 1. The Labute approximate surface area is 176 Å². The molecule has 0 radical (unpaired) electrons. The van der Waals surface area contributed by atoms with Gasteiger partial charge < -0.3 is 15.0 Å². The minimum atomic E-state index is -0.445. The maximum atomic E-state index is 12.4. The van der Waals surface area contributed by atoms with Crippen LogP contribution in [0.2, 0.25) is 0 Å². The fourth-order valence-corrected chi connectivity index (χ4v) is 4.18. The molecule has 7 nitrogen and oxygen atoms in total. The number of nitro groups is 1. The predicted molar refractivity (Wildman–Crippen MR) is 113 cm³/mol. The monoisotopic (exact) mass is 429 g/mol. The first kappa shape index (κ1) is 22.8. The molecule has 1 aromatic carbocycles. The van der Waals surface area contributed by atoms with Gasteiger partial charge in [0.25, 0.3) is 0 Å². The van der Waals surface area contributed by atoms with Crippen LogP contribution in [0.4, 0.5) is 5.69 Å². The third-order valence-electron chi connectivity index (χ3n) is 5.17. The summed E-state index contributed by atoms with van der Waals surface area (Å²) in [6, 6.07) is 5.48. The number of carbonyl (C=O) groups excluding carboxylic acids is 1. The summed E-state index contributed by atoms with van der Waals surface area (Å²) in [5, 5.41) is 14.7. The molecule has 1 saturated heterocycles. The van der Waals surface area contributed by atoms with Crippen molar-refractivity contribution in [1.29, 1.82) is 0 Å². The first-order valence-corrected chi connectivity index (χ1v) is 10.6. The highest BCUT2D eigenvalue weighted by molar-refractivity contribution is 7.99.